The van der Waals surface area contributed by atoms with E-state index in [-0.39, 0.29) is 16.9 Å². The number of anilines is 1. The van der Waals surface area contributed by atoms with Gasteiger partial charge in [0, 0.05) is 5.56 Å². The van der Waals surface area contributed by atoms with E-state index in [9.17, 15) is 4.79 Å². The Bertz CT molecular complexity index is 965. The summed E-state index contributed by atoms with van der Waals surface area (Å²) < 4.78 is 10.7. The zero-order chi connectivity index (χ0) is 18.4. The summed E-state index contributed by atoms with van der Waals surface area (Å²) in [5.41, 5.74) is 1.61. The van der Waals surface area contributed by atoms with Crippen LogP contribution in [0.3, 0.4) is 0 Å². The molecule has 3 aromatic rings. The Hall–Kier alpha value is -3.31. The molecule has 0 saturated heterocycles. The van der Waals surface area contributed by atoms with Crippen molar-refractivity contribution in [3.63, 3.8) is 0 Å². The highest BCUT2D eigenvalue weighted by Gasteiger charge is 2.12. The number of para-hydroxylation sites is 1. The summed E-state index contributed by atoms with van der Waals surface area (Å²) in [5, 5.41) is 19.9. The first-order valence-corrected chi connectivity index (χ1v) is 8.58. The number of ether oxygens (including phenoxy) is 1. The van der Waals surface area contributed by atoms with Gasteiger partial charge in [0.05, 0.1) is 24.1 Å². The highest BCUT2D eigenvalue weighted by atomic mass is 32.2. The maximum Gasteiger partial charge on any atom is 0.277 e. The summed E-state index contributed by atoms with van der Waals surface area (Å²) in [6.45, 7) is 0. The zero-order valence-electron chi connectivity index (χ0n) is 13.8. The number of hydrogen-bond donors (Lipinski definition) is 1. The van der Waals surface area contributed by atoms with Gasteiger partial charge in [-0.3, -0.25) is 4.79 Å². The van der Waals surface area contributed by atoms with Crippen molar-refractivity contribution >= 4 is 23.4 Å². The maximum absolute atomic E-state index is 12.1. The number of thioether (sulfide) groups is 1. The van der Waals surface area contributed by atoms with Crippen LogP contribution in [0.25, 0.3) is 11.5 Å². The predicted octanol–water partition coefficient (Wildman–Crippen LogP) is 3.35. The molecule has 0 aliphatic carbocycles. The molecule has 0 fully saturated rings. The number of nitriles is 1. The molecule has 3 rings (SSSR count). The van der Waals surface area contributed by atoms with Gasteiger partial charge in [-0.25, -0.2) is 0 Å². The topological polar surface area (TPSA) is 101 Å². The number of nitrogens with zero attached hydrogens (tertiary/aromatic N) is 3. The minimum Gasteiger partial charge on any atom is -0.497 e. The third kappa shape index (κ3) is 4.20. The molecule has 0 spiro atoms. The van der Waals surface area contributed by atoms with Gasteiger partial charge in [0.2, 0.25) is 11.8 Å². The Labute approximate surface area is 154 Å². The minimum atomic E-state index is -0.265. The fourth-order valence-electron chi connectivity index (χ4n) is 2.14. The molecule has 0 aliphatic rings. The van der Waals surface area contributed by atoms with E-state index < -0.39 is 0 Å². The second-order valence-corrected chi connectivity index (χ2v) is 6.03. The lowest BCUT2D eigenvalue weighted by Gasteiger charge is -2.05. The summed E-state index contributed by atoms with van der Waals surface area (Å²) in [6, 6.07) is 16.1. The first-order chi connectivity index (χ1) is 12.7. The van der Waals surface area contributed by atoms with E-state index in [0.29, 0.717) is 22.9 Å². The van der Waals surface area contributed by atoms with Crippen molar-refractivity contribution in [3.8, 4) is 23.3 Å². The highest BCUT2D eigenvalue weighted by Crippen LogP contribution is 2.26. The van der Waals surface area contributed by atoms with Gasteiger partial charge >= 0.3 is 0 Å². The molecule has 2 aromatic carbocycles. The summed E-state index contributed by atoms with van der Waals surface area (Å²) in [6.07, 6.45) is 0. The van der Waals surface area contributed by atoms with Gasteiger partial charge in [-0.2, -0.15) is 5.26 Å². The summed E-state index contributed by atoms with van der Waals surface area (Å²) >= 11 is 1.12. The molecule has 130 valence electrons. The molecule has 1 amide bonds. The fourth-order valence-corrected chi connectivity index (χ4v) is 2.71. The molecule has 1 aromatic heterocycles. The van der Waals surface area contributed by atoms with Crippen molar-refractivity contribution in [1.82, 2.24) is 10.2 Å². The lowest BCUT2D eigenvalue weighted by molar-refractivity contribution is -0.113. The van der Waals surface area contributed by atoms with Crippen LogP contribution >= 0.6 is 11.8 Å². The molecular formula is C18H14N4O3S. The lowest BCUT2D eigenvalue weighted by Crippen LogP contribution is -2.14. The molecule has 0 unspecified atom stereocenters. The molecule has 0 bridgehead atoms. The van der Waals surface area contributed by atoms with Gasteiger partial charge in [0.25, 0.3) is 5.22 Å². The number of benzene rings is 2. The second-order valence-electron chi connectivity index (χ2n) is 5.10. The third-order valence-corrected chi connectivity index (χ3v) is 4.19. The van der Waals surface area contributed by atoms with E-state index in [1.54, 1.807) is 37.4 Å². The fraction of sp³-hybridized carbons (Fsp3) is 0.111. The number of hydrogen-bond acceptors (Lipinski definition) is 7. The number of nitrogens with one attached hydrogen (secondary N) is 1. The monoisotopic (exact) mass is 366 g/mol. The standard InChI is InChI=1S/C18H14N4O3S/c1-24-14-7-4-6-12(9-14)17-21-22-18(25-17)26-11-16(23)20-15-8-3-2-5-13(15)10-19/h2-9H,11H2,1H3,(H,20,23). The minimum absolute atomic E-state index is 0.0828. The van der Waals surface area contributed by atoms with Crippen molar-refractivity contribution in [2.24, 2.45) is 0 Å². The van der Waals surface area contributed by atoms with Crippen LogP contribution in [-0.2, 0) is 4.79 Å². The van der Waals surface area contributed by atoms with Crippen molar-refractivity contribution < 1.29 is 13.9 Å². The molecule has 0 aliphatic heterocycles. The molecule has 7 nitrogen and oxygen atoms in total. The van der Waals surface area contributed by atoms with Gasteiger partial charge in [-0.05, 0) is 30.3 Å². The Morgan fingerprint density at radius 3 is 2.92 bits per heavy atom. The lowest BCUT2D eigenvalue weighted by atomic mass is 10.2. The van der Waals surface area contributed by atoms with Crippen LogP contribution in [0.1, 0.15) is 5.56 Å². The molecule has 1 N–H and O–H groups in total. The van der Waals surface area contributed by atoms with Crippen LogP contribution in [-0.4, -0.2) is 29.0 Å². The average molecular weight is 366 g/mol. The largest absolute Gasteiger partial charge is 0.497 e. The van der Waals surface area contributed by atoms with Crippen molar-refractivity contribution in [3.05, 3.63) is 54.1 Å². The number of methoxy groups -OCH3 is 1. The Kier molecular flexibility index (Phi) is 5.51. The van der Waals surface area contributed by atoms with E-state index in [4.69, 9.17) is 14.4 Å². The molecule has 0 atom stereocenters. The first-order valence-electron chi connectivity index (χ1n) is 7.59. The van der Waals surface area contributed by atoms with Crippen LogP contribution < -0.4 is 10.1 Å². The number of rotatable bonds is 6. The maximum atomic E-state index is 12.1. The summed E-state index contributed by atoms with van der Waals surface area (Å²) in [4.78, 5) is 12.1. The van der Waals surface area contributed by atoms with E-state index in [2.05, 4.69) is 15.5 Å². The van der Waals surface area contributed by atoms with E-state index in [0.717, 1.165) is 17.3 Å². The number of amides is 1. The van der Waals surface area contributed by atoms with E-state index in [1.807, 2.05) is 24.3 Å². The normalized spacial score (nSPS) is 10.2. The van der Waals surface area contributed by atoms with Crippen LogP contribution in [0.5, 0.6) is 5.75 Å². The van der Waals surface area contributed by atoms with Gasteiger partial charge < -0.3 is 14.5 Å². The van der Waals surface area contributed by atoms with Crippen LogP contribution in [0.2, 0.25) is 0 Å². The van der Waals surface area contributed by atoms with Gasteiger partial charge in [0.1, 0.15) is 11.8 Å². The smallest absolute Gasteiger partial charge is 0.277 e. The van der Waals surface area contributed by atoms with E-state index in [1.165, 1.54) is 0 Å². The Morgan fingerprint density at radius 1 is 1.27 bits per heavy atom. The number of aromatic nitrogens is 2. The van der Waals surface area contributed by atoms with Gasteiger partial charge in [-0.1, -0.05) is 30.0 Å². The van der Waals surface area contributed by atoms with Crippen molar-refractivity contribution in [2.75, 3.05) is 18.2 Å². The Balaban J connectivity index is 1.61. The number of carbonyl (C=O) groups excluding carboxylic acids is 1. The number of carbonyl (C=O) groups is 1. The summed E-state index contributed by atoms with van der Waals surface area (Å²) in [7, 11) is 1.58. The quantitative estimate of drug-likeness (QED) is 0.668. The van der Waals surface area contributed by atoms with Gasteiger partial charge in [0.15, 0.2) is 0 Å². The molecule has 1 heterocycles. The predicted molar refractivity (Wildman–Crippen MR) is 96.8 cm³/mol. The summed E-state index contributed by atoms with van der Waals surface area (Å²) in [5.74, 6) is 0.852. The molecule has 0 radical (unpaired) electrons. The van der Waals surface area contributed by atoms with Crippen molar-refractivity contribution in [1.29, 1.82) is 5.26 Å². The molecular weight excluding hydrogens is 352 g/mol. The zero-order valence-corrected chi connectivity index (χ0v) is 14.6. The van der Waals surface area contributed by atoms with Crippen LogP contribution in [0.4, 0.5) is 5.69 Å². The van der Waals surface area contributed by atoms with Gasteiger partial charge in [-0.15, -0.1) is 10.2 Å². The third-order valence-electron chi connectivity index (χ3n) is 3.37. The average Bonchev–Trinajstić information content (AvgIpc) is 3.16. The molecule has 0 saturated carbocycles. The highest BCUT2D eigenvalue weighted by molar-refractivity contribution is 7.99. The molecule has 8 heteroatoms. The first kappa shape index (κ1) is 17.5. The van der Waals surface area contributed by atoms with E-state index >= 15 is 0 Å². The van der Waals surface area contributed by atoms with Crippen molar-refractivity contribution in [2.45, 2.75) is 5.22 Å². The van der Waals surface area contributed by atoms with Crippen LogP contribution in [0, 0.1) is 11.3 Å². The SMILES string of the molecule is COc1cccc(-c2nnc(SCC(=O)Nc3ccccc3C#N)o2)c1. The molecule has 26 heavy (non-hydrogen) atoms. The second kappa shape index (κ2) is 8.18. The Morgan fingerprint density at radius 2 is 2.12 bits per heavy atom. The van der Waals surface area contributed by atoms with Crippen LogP contribution in [0.15, 0.2) is 58.2 Å².